The van der Waals surface area contributed by atoms with Crippen LogP contribution in [0.15, 0.2) is 24.3 Å². The van der Waals surface area contributed by atoms with Crippen LogP contribution in [0.4, 0.5) is 5.82 Å². The maximum Gasteiger partial charge on any atom is 0.163 e. The monoisotopic (exact) mass is 267 g/mol. The minimum atomic E-state index is 0.442. The molecule has 0 saturated heterocycles. The van der Waals surface area contributed by atoms with Gasteiger partial charge in [0, 0.05) is 22.3 Å². The average molecular weight is 268 g/mol. The molecule has 2 aromatic rings. The number of hydrogen-bond donors (Lipinski definition) is 1. The number of nitrogens with two attached hydrogens (primary N) is 1. The highest BCUT2D eigenvalue weighted by Crippen LogP contribution is 2.28. The molecule has 0 aliphatic heterocycles. The van der Waals surface area contributed by atoms with Gasteiger partial charge in [0.2, 0.25) is 0 Å². The van der Waals surface area contributed by atoms with Crippen molar-refractivity contribution in [3.8, 4) is 11.4 Å². The summed E-state index contributed by atoms with van der Waals surface area (Å²) in [4.78, 5) is 8.58. The van der Waals surface area contributed by atoms with Gasteiger partial charge in [0.15, 0.2) is 5.82 Å². The third-order valence-electron chi connectivity index (χ3n) is 2.33. The third-order valence-corrected chi connectivity index (χ3v) is 2.88. The van der Waals surface area contributed by atoms with Crippen LogP contribution < -0.4 is 5.73 Å². The van der Waals surface area contributed by atoms with Crippen molar-refractivity contribution in [2.45, 2.75) is 13.3 Å². The first-order chi connectivity index (χ1) is 8.10. The fourth-order valence-electron chi connectivity index (χ4n) is 1.49. The Hall–Kier alpha value is -1.32. The number of aromatic nitrogens is 2. The van der Waals surface area contributed by atoms with E-state index in [9.17, 15) is 0 Å². The zero-order valence-corrected chi connectivity index (χ0v) is 10.8. The Morgan fingerprint density at radius 3 is 2.59 bits per heavy atom. The molecular weight excluding hydrogens is 257 g/mol. The molecule has 0 aliphatic rings. The van der Waals surface area contributed by atoms with E-state index in [0.29, 0.717) is 21.7 Å². The molecule has 1 aromatic carbocycles. The molecule has 17 heavy (non-hydrogen) atoms. The van der Waals surface area contributed by atoms with Gasteiger partial charge in [-0.2, -0.15) is 0 Å². The van der Waals surface area contributed by atoms with Gasteiger partial charge in [0.25, 0.3) is 0 Å². The molecule has 2 N–H and O–H groups in total. The van der Waals surface area contributed by atoms with Crippen molar-refractivity contribution in [3.63, 3.8) is 0 Å². The van der Waals surface area contributed by atoms with Crippen LogP contribution in [0.2, 0.25) is 10.0 Å². The Bertz CT molecular complexity index is 555. The molecule has 1 aromatic heterocycles. The van der Waals surface area contributed by atoms with Gasteiger partial charge in [0.1, 0.15) is 5.82 Å². The SMILES string of the molecule is CCc1cc(N)nc(-c2ccc(Cl)cc2Cl)n1. The summed E-state index contributed by atoms with van der Waals surface area (Å²) in [5.41, 5.74) is 7.35. The zero-order chi connectivity index (χ0) is 12.4. The second-order valence-electron chi connectivity index (χ2n) is 3.59. The second kappa shape index (κ2) is 4.90. The molecule has 5 heteroatoms. The van der Waals surface area contributed by atoms with E-state index in [1.54, 1.807) is 24.3 Å². The van der Waals surface area contributed by atoms with Gasteiger partial charge in [-0.3, -0.25) is 0 Å². The Balaban J connectivity index is 2.55. The standard InChI is InChI=1S/C12H11Cl2N3/c1-2-8-6-11(15)17-12(16-8)9-4-3-7(13)5-10(9)14/h3-6H,2H2,1H3,(H2,15,16,17). The molecule has 1 heterocycles. The van der Waals surface area contributed by atoms with Crippen molar-refractivity contribution in [1.82, 2.24) is 9.97 Å². The molecular formula is C12H11Cl2N3. The van der Waals surface area contributed by atoms with E-state index >= 15 is 0 Å². The number of aryl methyl sites for hydroxylation is 1. The molecule has 0 fully saturated rings. The lowest BCUT2D eigenvalue weighted by molar-refractivity contribution is 1.01. The lowest BCUT2D eigenvalue weighted by Gasteiger charge is -2.06. The molecule has 0 atom stereocenters. The van der Waals surface area contributed by atoms with E-state index in [0.717, 1.165) is 17.7 Å². The van der Waals surface area contributed by atoms with Crippen LogP contribution in [0, 0.1) is 0 Å². The maximum atomic E-state index is 6.11. The number of halogens is 2. The predicted octanol–water partition coefficient (Wildman–Crippen LogP) is 3.60. The summed E-state index contributed by atoms with van der Waals surface area (Å²) >= 11 is 12.0. The summed E-state index contributed by atoms with van der Waals surface area (Å²) in [5, 5.41) is 1.10. The van der Waals surface area contributed by atoms with E-state index in [1.807, 2.05) is 6.92 Å². The summed E-state index contributed by atoms with van der Waals surface area (Å²) in [6.45, 7) is 2.01. The van der Waals surface area contributed by atoms with Crippen LogP contribution >= 0.6 is 23.2 Å². The van der Waals surface area contributed by atoms with E-state index in [2.05, 4.69) is 9.97 Å². The van der Waals surface area contributed by atoms with Crippen molar-refractivity contribution in [2.75, 3.05) is 5.73 Å². The molecule has 0 amide bonds. The summed E-state index contributed by atoms with van der Waals surface area (Å²) in [6, 6.07) is 6.96. The van der Waals surface area contributed by atoms with E-state index in [-0.39, 0.29) is 0 Å². The molecule has 0 unspecified atom stereocenters. The van der Waals surface area contributed by atoms with Crippen molar-refractivity contribution >= 4 is 29.0 Å². The normalized spacial score (nSPS) is 10.5. The number of rotatable bonds is 2. The van der Waals surface area contributed by atoms with Crippen LogP contribution in [-0.4, -0.2) is 9.97 Å². The van der Waals surface area contributed by atoms with Gasteiger partial charge < -0.3 is 5.73 Å². The van der Waals surface area contributed by atoms with Gasteiger partial charge in [-0.05, 0) is 24.6 Å². The Morgan fingerprint density at radius 2 is 1.94 bits per heavy atom. The molecule has 0 radical (unpaired) electrons. The van der Waals surface area contributed by atoms with Crippen LogP contribution in [0.25, 0.3) is 11.4 Å². The number of nitrogen functional groups attached to an aromatic ring is 1. The van der Waals surface area contributed by atoms with Crippen molar-refractivity contribution in [2.24, 2.45) is 0 Å². The molecule has 0 saturated carbocycles. The predicted molar refractivity (Wildman–Crippen MR) is 71.3 cm³/mol. The first-order valence-electron chi connectivity index (χ1n) is 5.19. The molecule has 3 nitrogen and oxygen atoms in total. The topological polar surface area (TPSA) is 51.8 Å². The largest absolute Gasteiger partial charge is 0.384 e. The molecule has 0 bridgehead atoms. The summed E-state index contributed by atoms with van der Waals surface area (Å²) in [6.07, 6.45) is 0.797. The van der Waals surface area contributed by atoms with E-state index < -0.39 is 0 Å². The number of nitrogens with zero attached hydrogens (tertiary/aromatic N) is 2. The van der Waals surface area contributed by atoms with Crippen molar-refractivity contribution in [3.05, 3.63) is 40.0 Å². The van der Waals surface area contributed by atoms with Gasteiger partial charge in [0.05, 0.1) is 5.02 Å². The van der Waals surface area contributed by atoms with Gasteiger partial charge >= 0.3 is 0 Å². The first-order valence-corrected chi connectivity index (χ1v) is 5.94. The Labute approximate surface area is 110 Å². The number of hydrogen-bond acceptors (Lipinski definition) is 3. The lowest BCUT2D eigenvalue weighted by Crippen LogP contribution is -1.99. The third kappa shape index (κ3) is 2.68. The Kier molecular flexibility index (Phi) is 3.50. The van der Waals surface area contributed by atoms with Crippen LogP contribution in [-0.2, 0) is 6.42 Å². The fraction of sp³-hybridized carbons (Fsp3) is 0.167. The summed E-state index contributed by atoms with van der Waals surface area (Å²) in [7, 11) is 0. The highest BCUT2D eigenvalue weighted by atomic mass is 35.5. The fourth-order valence-corrected chi connectivity index (χ4v) is 1.98. The van der Waals surface area contributed by atoms with Gasteiger partial charge in [-0.1, -0.05) is 30.1 Å². The molecule has 2 rings (SSSR count). The highest BCUT2D eigenvalue weighted by molar-refractivity contribution is 6.36. The highest BCUT2D eigenvalue weighted by Gasteiger charge is 2.09. The minimum Gasteiger partial charge on any atom is -0.384 e. The molecule has 88 valence electrons. The second-order valence-corrected chi connectivity index (χ2v) is 4.43. The van der Waals surface area contributed by atoms with Crippen LogP contribution in [0.1, 0.15) is 12.6 Å². The number of anilines is 1. The van der Waals surface area contributed by atoms with Crippen LogP contribution in [0.5, 0.6) is 0 Å². The molecule has 0 spiro atoms. The summed E-state index contributed by atoms with van der Waals surface area (Å²) in [5.74, 6) is 0.974. The van der Waals surface area contributed by atoms with E-state index in [4.69, 9.17) is 28.9 Å². The van der Waals surface area contributed by atoms with Crippen molar-refractivity contribution < 1.29 is 0 Å². The minimum absolute atomic E-state index is 0.442. The smallest absolute Gasteiger partial charge is 0.163 e. The van der Waals surface area contributed by atoms with Gasteiger partial charge in [-0.15, -0.1) is 0 Å². The first kappa shape index (κ1) is 12.1. The number of benzene rings is 1. The van der Waals surface area contributed by atoms with Crippen LogP contribution in [0.3, 0.4) is 0 Å². The summed E-state index contributed by atoms with van der Waals surface area (Å²) < 4.78 is 0. The average Bonchev–Trinajstić information content (AvgIpc) is 2.28. The Morgan fingerprint density at radius 1 is 1.18 bits per heavy atom. The molecule has 0 aliphatic carbocycles. The maximum absolute atomic E-state index is 6.11. The lowest BCUT2D eigenvalue weighted by atomic mass is 10.2. The van der Waals surface area contributed by atoms with Gasteiger partial charge in [-0.25, -0.2) is 9.97 Å². The zero-order valence-electron chi connectivity index (χ0n) is 9.24. The van der Waals surface area contributed by atoms with Crippen molar-refractivity contribution in [1.29, 1.82) is 0 Å². The van der Waals surface area contributed by atoms with E-state index in [1.165, 1.54) is 0 Å². The quantitative estimate of drug-likeness (QED) is 0.905.